The largest absolute Gasteiger partial charge is 0.335 e. The average molecular weight is 359 g/mol. The third-order valence-electron chi connectivity index (χ3n) is 5.31. The normalized spacial score (nSPS) is 20.8. The van der Waals surface area contributed by atoms with E-state index in [0.717, 1.165) is 25.8 Å². The summed E-state index contributed by atoms with van der Waals surface area (Å²) in [5, 5.41) is 0.546. The minimum Gasteiger partial charge on any atom is -0.335 e. The maximum atomic E-state index is 13.1. The zero-order valence-corrected chi connectivity index (χ0v) is 15.9. The average Bonchev–Trinajstić information content (AvgIpc) is 2.60. The highest BCUT2D eigenvalue weighted by Gasteiger charge is 2.31. The van der Waals surface area contributed by atoms with E-state index in [1.165, 1.54) is 11.0 Å². The minimum absolute atomic E-state index is 0.0481. The van der Waals surface area contributed by atoms with Crippen LogP contribution >= 0.6 is 12.2 Å². The molecular formula is C19H25N3O2S. The minimum atomic E-state index is -0.145. The van der Waals surface area contributed by atoms with Crippen molar-refractivity contribution in [2.75, 3.05) is 6.54 Å². The van der Waals surface area contributed by atoms with Crippen LogP contribution in [0.25, 0.3) is 10.9 Å². The quantitative estimate of drug-likeness (QED) is 0.851. The summed E-state index contributed by atoms with van der Waals surface area (Å²) in [4.78, 5) is 30.5. The summed E-state index contributed by atoms with van der Waals surface area (Å²) >= 11 is 5.18. The first-order valence-corrected chi connectivity index (χ1v) is 9.39. The van der Waals surface area contributed by atoms with Crippen LogP contribution in [0.1, 0.15) is 49.9 Å². The van der Waals surface area contributed by atoms with Gasteiger partial charge in [-0.1, -0.05) is 20.3 Å². The highest BCUT2D eigenvalue weighted by molar-refractivity contribution is 7.71. The van der Waals surface area contributed by atoms with Crippen molar-refractivity contribution in [2.24, 2.45) is 13.0 Å². The topological polar surface area (TPSA) is 58.1 Å². The first kappa shape index (κ1) is 17.9. The summed E-state index contributed by atoms with van der Waals surface area (Å²) < 4.78 is 1.76. The summed E-state index contributed by atoms with van der Waals surface area (Å²) in [6.07, 6.45) is 4.32. The molecule has 3 rings (SSSR count). The number of aromatic amines is 1. The number of piperidine rings is 1. The SMILES string of the molecule is CCCC1C(C)CCCN1C(=O)c1ccc2c(=O)n(C)c(=S)[nH]c2c1. The number of carbonyl (C=O) groups is 1. The molecule has 1 aliphatic heterocycles. The van der Waals surface area contributed by atoms with Crippen LogP contribution in [-0.2, 0) is 7.05 Å². The Balaban J connectivity index is 2.00. The summed E-state index contributed by atoms with van der Waals surface area (Å²) in [6.45, 7) is 5.20. The van der Waals surface area contributed by atoms with Gasteiger partial charge < -0.3 is 9.88 Å². The summed E-state index contributed by atoms with van der Waals surface area (Å²) in [6, 6.07) is 5.53. The Hall–Kier alpha value is -1.95. The molecule has 2 aromatic rings. The summed E-state index contributed by atoms with van der Waals surface area (Å²) in [5.41, 5.74) is 1.09. The van der Waals surface area contributed by atoms with Crippen LogP contribution in [0, 0.1) is 10.7 Å². The Labute approximate surface area is 152 Å². The van der Waals surface area contributed by atoms with Gasteiger partial charge in [0, 0.05) is 25.2 Å². The Morgan fingerprint density at radius 1 is 1.40 bits per heavy atom. The number of benzene rings is 1. The molecule has 1 fully saturated rings. The second-order valence-corrected chi connectivity index (χ2v) is 7.42. The van der Waals surface area contributed by atoms with Gasteiger partial charge in [-0.2, -0.15) is 0 Å². The molecule has 1 aromatic heterocycles. The second-order valence-electron chi connectivity index (χ2n) is 7.03. The molecule has 25 heavy (non-hydrogen) atoms. The standard InChI is InChI=1S/C19H25N3O2S/c1-4-6-16-12(2)7-5-10-22(16)17(23)13-8-9-14-15(11-13)20-19(25)21(3)18(14)24/h8-9,11-12,16H,4-7,10H2,1-3H3,(H,20,25). The fraction of sp³-hybridized carbons (Fsp3) is 0.526. The zero-order chi connectivity index (χ0) is 18.1. The fourth-order valence-corrected chi connectivity index (χ4v) is 4.04. The van der Waals surface area contributed by atoms with E-state index in [2.05, 4.69) is 18.8 Å². The predicted molar refractivity (Wildman–Crippen MR) is 103 cm³/mol. The molecule has 0 bridgehead atoms. The molecule has 1 saturated heterocycles. The van der Waals surface area contributed by atoms with Crippen LogP contribution in [0.3, 0.4) is 0 Å². The van der Waals surface area contributed by atoms with Crippen LogP contribution in [0.15, 0.2) is 23.0 Å². The number of hydrogen-bond acceptors (Lipinski definition) is 3. The van der Waals surface area contributed by atoms with Gasteiger partial charge in [0.15, 0.2) is 4.77 Å². The Morgan fingerprint density at radius 2 is 2.16 bits per heavy atom. The fourth-order valence-electron chi connectivity index (χ4n) is 3.84. The number of likely N-dealkylation sites (tertiary alicyclic amines) is 1. The molecular weight excluding hydrogens is 334 g/mol. The van der Waals surface area contributed by atoms with Crippen molar-refractivity contribution < 1.29 is 4.79 Å². The Kier molecular flexibility index (Phi) is 5.08. The lowest BCUT2D eigenvalue weighted by Crippen LogP contribution is -2.47. The molecule has 2 unspecified atom stereocenters. The molecule has 2 atom stereocenters. The van der Waals surface area contributed by atoms with E-state index >= 15 is 0 Å². The van der Waals surface area contributed by atoms with Crippen molar-refractivity contribution in [3.8, 4) is 0 Å². The maximum Gasteiger partial charge on any atom is 0.261 e. The number of amides is 1. The summed E-state index contributed by atoms with van der Waals surface area (Å²) in [7, 11) is 1.64. The number of rotatable bonds is 3. The molecule has 0 saturated carbocycles. The van der Waals surface area contributed by atoms with Gasteiger partial charge in [0.1, 0.15) is 0 Å². The van der Waals surface area contributed by atoms with Gasteiger partial charge in [-0.3, -0.25) is 14.2 Å². The van der Waals surface area contributed by atoms with E-state index in [1.54, 1.807) is 25.2 Å². The molecule has 2 heterocycles. The number of nitrogens with zero attached hydrogens (tertiary/aromatic N) is 2. The van der Waals surface area contributed by atoms with Gasteiger partial charge in [-0.25, -0.2) is 0 Å². The smallest absolute Gasteiger partial charge is 0.261 e. The van der Waals surface area contributed by atoms with E-state index in [4.69, 9.17) is 12.2 Å². The molecule has 5 nitrogen and oxygen atoms in total. The van der Waals surface area contributed by atoms with Crippen molar-refractivity contribution in [2.45, 2.75) is 45.6 Å². The van der Waals surface area contributed by atoms with E-state index in [1.807, 2.05) is 4.90 Å². The first-order chi connectivity index (χ1) is 11.9. The van der Waals surface area contributed by atoms with Crippen molar-refractivity contribution in [1.29, 1.82) is 0 Å². The molecule has 1 aromatic carbocycles. The van der Waals surface area contributed by atoms with E-state index < -0.39 is 0 Å². The van der Waals surface area contributed by atoms with E-state index in [-0.39, 0.29) is 11.5 Å². The molecule has 0 spiro atoms. The highest BCUT2D eigenvalue weighted by Crippen LogP contribution is 2.28. The third kappa shape index (κ3) is 3.27. The number of H-pyrrole nitrogens is 1. The van der Waals surface area contributed by atoms with Crippen LogP contribution in [0.5, 0.6) is 0 Å². The van der Waals surface area contributed by atoms with Crippen molar-refractivity contribution in [3.63, 3.8) is 0 Å². The van der Waals surface area contributed by atoms with Crippen molar-refractivity contribution in [1.82, 2.24) is 14.5 Å². The zero-order valence-electron chi connectivity index (χ0n) is 15.0. The van der Waals surface area contributed by atoms with Gasteiger partial charge >= 0.3 is 0 Å². The molecule has 1 N–H and O–H groups in total. The monoisotopic (exact) mass is 359 g/mol. The van der Waals surface area contributed by atoms with E-state index in [0.29, 0.717) is 33.2 Å². The summed E-state index contributed by atoms with van der Waals surface area (Å²) in [5.74, 6) is 0.572. The highest BCUT2D eigenvalue weighted by atomic mass is 32.1. The maximum absolute atomic E-state index is 13.1. The lowest BCUT2D eigenvalue weighted by atomic mass is 9.87. The Morgan fingerprint density at radius 3 is 2.88 bits per heavy atom. The molecule has 1 aliphatic rings. The van der Waals surface area contributed by atoms with Gasteiger partial charge in [0.05, 0.1) is 10.9 Å². The molecule has 0 aliphatic carbocycles. The van der Waals surface area contributed by atoms with Crippen LogP contribution < -0.4 is 5.56 Å². The third-order valence-corrected chi connectivity index (χ3v) is 5.68. The molecule has 134 valence electrons. The molecule has 1 amide bonds. The van der Waals surface area contributed by atoms with Crippen LogP contribution in [-0.4, -0.2) is 32.9 Å². The lowest BCUT2D eigenvalue weighted by molar-refractivity contribution is 0.0498. The Bertz CT molecular complexity index is 915. The van der Waals surface area contributed by atoms with Gasteiger partial charge in [-0.15, -0.1) is 0 Å². The van der Waals surface area contributed by atoms with E-state index in [9.17, 15) is 9.59 Å². The predicted octanol–water partition coefficient (Wildman–Crippen LogP) is 3.64. The number of hydrogen-bond donors (Lipinski definition) is 1. The lowest BCUT2D eigenvalue weighted by Gasteiger charge is -2.40. The second kappa shape index (κ2) is 7.12. The molecule has 6 heteroatoms. The van der Waals surface area contributed by atoms with Gasteiger partial charge in [-0.05, 0) is 55.6 Å². The number of aromatic nitrogens is 2. The first-order valence-electron chi connectivity index (χ1n) is 8.98. The van der Waals surface area contributed by atoms with Gasteiger partial charge in [0.2, 0.25) is 0 Å². The van der Waals surface area contributed by atoms with Crippen molar-refractivity contribution >= 4 is 29.0 Å². The van der Waals surface area contributed by atoms with Gasteiger partial charge in [0.25, 0.3) is 11.5 Å². The number of carbonyl (C=O) groups excluding carboxylic acids is 1. The molecule has 0 radical (unpaired) electrons. The number of fused-ring (bicyclic) bond motifs is 1. The number of nitrogens with one attached hydrogen (secondary N) is 1. The van der Waals surface area contributed by atoms with Crippen LogP contribution in [0.4, 0.5) is 0 Å². The van der Waals surface area contributed by atoms with Crippen LogP contribution in [0.2, 0.25) is 0 Å². The van der Waals surface area contributed by atoms with Crippen molar-refractivity contribution in [3.05, 3.63) is 38.9 Å².